The van der Waals surface area contributed by atoms with Crippen molar-refractivity contribution in [1.82, 2.24) is 4.90 Å². The Hall–Kier alpha value is -0.650. The quantitative estimate of drug-likeness (QED) is 0.752. The lowest BCUT2D eigenvalue weighted by Crippen LogP contribution is -2.54. The maximum absolute atomic E-state index is 12.3. The van der Waals surface area contributed by atoms with Gasteiger partial charge in [-0.05, 0) is 32.1 Å². The molecule has 21 heavy (non-hydrogen) atoms. The van der Waals surface area contributed by atoms with Gasteiger partial charge in [-0.15, -0.1) is 0 Å². The Labute approximate surface area is 127 Å². The molecular weight excluding hydrogens is 270 g/mol. The number of carbonyl (C=O) groups excluding carboxylic acids is 1. The summed E-state index contributed by atoms with van der Waals surface area (Å²) in [4.78, 5) is 14.2. The minimum absolute atomic E-state index is 0.0698. The summed E-state index contributed by atoms with van der Waals surface area (Å²) in [5.41, 5.74) is -0.166. The highest BCUT2D eigenvalue weighted by Crippen LogP contribution is 2.25. The Morgan fingerprint density at radius 1 is 1.29 bits per heavy atom. The summed E-state index contributed by atoms with van der Waals surface area (Å²) in [6.45, 7) is 7.72. The van der Waals surface area contributed by atoms with Gasteiger partial charge in [-0.25, -0.2) is 0 Å². The molecule has 2 heterocycles. The zero-order chi connectivity index (χ0) is 15.1. The van der Waals surface area contributed by atoms with Gasteiger partial charge in [-0.3, -0.25) is 4.79 Å². The molecule has 0 radical (unpaired) electrons. The molecule has 0 bridgehead atoms. The average molecular weight is 299 g/mol. The van der Waals surface area contributed by atoms with E-state index in [-0.39, 0.29) is 24.2 Å². The molecule has 0 unspecified atom stereocenters. The van der Waals surface area contributed by atoms with Crippen LogP contribution in [-0.2, 0) is 19.0 Å². The molecule has 122 valence electrons. The Morgan fingerprint density at radius 3 is 2.76 bits per heavy atom. The van der Waals surface area contributed by atoms with Crippen LogP contribution < -0.4 is 0 Å². The summed E-state index contributed by atoms with van der Waals surface area (Å²) in [6.07, 6.45) is 5.41. The van der Waals surface area contributed by atoms with Crippen molar-refractivity contribution in [2.45, 2.75) is 57.7 Å². The first-order valence-electron chi connectivity index (χ1n) is 8.30. The van der Waals surface area contributed by atoms with Gasteiger partial charge in [0.05, 0.1) is 24.9 Å². The number of hydrogen-bond acceptors (Lipinski definition) is 4. The molecule has 2 saturated heterocycles. The van der Waals surface area contributed by atoms with Crippen LogP contribution in [0.2, 0.25) is 0 Å². The van der Waals surface area contributed by atoms with Crippen LogP contribution in [0.15, 0.2) is 0 Å². The van der Waals surface area contributed by atoms with Crippen LogP contribution in [0.4, 0.5) is 0 Å². The molecule has 2 rings (SSSR count). The first kappa shape index (κ1) is 16.7. The van der Waals surface area contributed by atoms with Crippen LogP contribution in [0.3, 0.4) is 0 Å². The highest BCUT2D eigenvalue weighted by atomic mass is 16.5. The zero-order valence-corrected chi connectivity index (χ0v) is 13.4. The van der Waals surface area contributed by atoms with E-state index in [1.54, 1.807) is 0 Å². The summed E-state index contributed by atoms with van der Waals surface area (Å²) in [6, 6.07) is 0. The molecule has 1 atom stereocenters. The zero-order valence-electron chi connectivity index (χ0n) is 13.4. The lowest BCUT2D eigenvalue weighted by molar-refractivity contribution is -0.157. The molecule has 2 aliphatic rings. The van der Waals surface area contributed by atoms with Crippen LogP contribution >= 0.6 is 0 Å². The van der Waals surface area contributed by atoms with Gasteiger partial charge in [0.25, 0.3) is 0 Å². The fourth-order valence-electron chi connectivity index (χ4n) is 3.04. The molecule has 5 heteroatoms. The minimum atomic E-state index is -0.166. The number of hydrogen-bond donors (Lipinski definition) is 0. The van der Waals surface area contributed by atoms with Crippen LogP contribution in [-0.4, -0.2) is 62.0 Å². The Bertz CT molecular complexity index is 324. The third kappa shape index (κ3) is 4.66. The van der Waals surface area contributed by atoms with E-state index in [1.165, 1.54) is 6.42 Å². The van der Waals surface area contributed by atoms with E-state index in [9.17, 15) is 4.79 Å². The van der Waals surface area contributed by atoms with Gasteiger partial charge < -0.3 is 19.1 Å². The molecule has 0 saturated carbocycles. The highest BCUT2D eigenvalue weighted by Gasteiger charge is 2.35. The summed E-state index contributed by atoms with van der Waals surface area (Å²) in [5.74, 6) is 0.0698. The standard InChI is InChI=1S/C16H29NO4/c1-3-16(4-2)13-17(8-10-21-16)15(18)12-19-11-14-7-5-6-9-20-14/h14H,3-13H2,1-2H3/t14-/m1/s1. The van der Waals surface area contributed by atoms with Gasteiger partial charge in [0, 0.05) is 19.7 Å². The van der Waals surface area contributed by atoms with Crippen molar-refractivity contribution in [3.8, 4) is 0 Å². The fourth-order valence-corrected chi connectivity index (χ4v) is 3.04. The van der Waals surface area contributed by atoms with E-state index >= 15 is 0 Å². The van der Waals surface area contributed by atoms with Gasteiger partial charge in [-0.1, -0.05) is 13.8 Å². The van der Waals surface area contributed by atoms with Crippen LogP contribution in [0, 0.1) is 0 Å². The number of amides is 1. The Morgan fingerprint density at radius 2 is 2.10 bits per heavy atom. The molecule has 0 aromatic heterocycles. The van der Waals surface area contributed by atoms with Crippen LogP contribution in [0.25, 0.3) is 0 Å². The van der Waals surface area contributed by atoms with Crippen LogP contribution in [0.1, 0.15) is 46.0 Å². The number of rotatable bonds is 6. The molecule has 0 aromatic carbocycles. The molecule has 2 aliphatic heterocycles. The van der Waals surface area contributed by atoms with E-state index in [0.717, 1.165) is 32.3 Å². The maximum Gasteiger partial charge on any atom is 0.248 e. The normalized spacial score (nSPS) is 25.8. The van der Waals surface area contributed by atoms with Crippen molar-refractivity contribution in [2.75, 3.05) is 39.5 Å². The third-order valence-electron chi connectivity index (χ3n) is 4.69. The first-order chi connectivity index (χ1) is 10.2. The minimum Gasteiger partial charge on any atom is -0.376 e. The predicted octanol–water partition coefficient (Wildman–Crippen LogP) is 1.99. The lowest BCUT2D eigenvalue weighted by atomic mass is 9.95. The molecule has 0 N–H and O–H groups in total. The smallest absolute Gasteiger partial charge is 0.248 e. The number of morpholine rings is 1. The third-order valence-corrected chi connectivity index (χ3v) is 4.69. The monoisotopic (exact) mass is 299 g/mol. The molecular formula is C16H29NO4. The van der Waals surface area contributed by atoms with Gasteiger partial charge in [0.2, 0.25) is 5.91 Å². The van der Waals surface area contributed by atoms with Crippen molar-refractivity contribution in [2.24, 2.45) is 0 Å². The molecule has 0 aliphatic carbocycles. The fraction of sp³-hybridized carbons (Fsp3) is 0.938. The van der Waals surface area contributed by atoms with E-state index in [2.05, 4.69) is 13.8 Å². The summed E-state index contributed by atoms with van der Waals surface area (Å²) in [5, 5.41) is 0. The Kier molecular flexibility index (Phi) is 6.45. The maximum atomic E-state index is 12.3. The van der Waals surface area contributed by atoms with E-state index < -0.39 is 0 Å². The highest BCUT2D eigenvalue weighted by molar-refractivity contribution is 5.77. The van der Waals surface area contributed by atoms with Crippen molar-refractivity contribution >= 4 is 5.91 Å². The molecule has 0 spiro atoms. The van der Waals surface area contributed by atoms with Crippen LogP contribution in [0.5, 0.6) is 0 Å². The van der Waals surface area contributed by atoms with E-state index in [4.69, 9.17) is 14.2 Å². The van der Waals surface area contributed by atoms with Gasteiger partial charge >= 0.3 is 0 Å². The first-order valence-corrected chi connectivity index (χ1v) is 8.30. The van der Waals surface area contributed by atoms with Gasteiger partial charge in [-0.2, -0.15) is 0 Å². The van der Waals surface area contributed by atoms with Gasteiger partial charge in [0.1, 0.15) is 6.61 Å². The van der Waals surface area contributed by atoms with E-state index in [0.29, 0.717) is 26.3 Å². The molecule has 1 amide bonds. The predicted molar refractivity (Wildman–Crippen MR) is 80.3 cm³/mol. The Balaban J connectivity index is 1.72. The SMILES string of the molecule is CCC1(CC)CN(C(=O)COC[C@H]2CCCCO2)CCO1. The second-order valence-corrected chi connectivity index (χ2v) is 6.06. The number of nitrogens with zero attached hydrogens (tertiary/aromatic N) is 1. The van der Waals surface area contributed by atoms with Gasteiger partial charge in [0.15, 0.2) is 0 Å². The van der Waals surface area contributed by atoms with Crippen molar-refractivity contribution in [3.05, 3.63) is 0 Å². The summed E-state index contributed by atoms with van der Waals surface area (Å²) >= 11 is 0. The second-order valence-electron chi connectivity index (χ2n) is 6.06. The number of ether oxygens (including phenoxy) is 3. The lowest BCUT2D eigenvalue weighted by Gasteiger charge is -2.42. The summed E-state index contributed by atoms with van der Waals surface area (Å²) in [7, 11) is 0. The molecule has 5 nitrogen and oxygen atoms in total. The van der Waals surface area contributed by atoms with Crippen molar-refractivity contribution < 1.29 is 19.0 Å². The number of carbonyl (C=O) groups is 1. The summed E-state index contributed by atoms with van der Waals surface area (Å²) < 4.78 is 17.1. The van der Waals surface area contributed by atoms with Crippen molar-refractivity contribution in [3.63, 3.8) is 0 Å². The average Bonchev–Trinajstić information content (AvgIpc) is 2.55. The topological polar surface area (TPSA) is 48.0 Å². The largest absolute Gasteiger partial charge is 0.376 e. The van der Waals surface area contributed by atoms with Crippen molar-refractivity contribution in [1.29, 1.82) is 0 Å². The second kappa shape index (κ2) is 8.11. The molecule has 2 fully saturated rings. The molecule has 0 aromatic rings. The van der Waals surface area contributed by atoms with E-state index in [1.807, 2.05) is 4.90 Å².